The molecular weight excluding hydrogens is 184 g/mol. The van der Waals surface area contributed by atoms with Crippen LogP contribution in [0.3, 0.4) is 0 Å². The molecule has 0 aliphatic heterocycles. The van der Waals surface area contributed by atoms with Crippen LogP contribution >= 0.6 is 0 Å². The number of nitrogens with two attached hydrogens (primary N) is 2. The molecule has 0 rings (SSSR count). The molecule has 0 aromatic rings. The Morgan fingerprint density at radius 1 is 1.07 bits per heavy atom. The average Bonchev–Trinajstić information content (AvgIpc) is 2.10. The van der Waals surface area contributed by atoms with Crippen molar-refractivity contribution in [3.05, 3.63) is 12.5 Å². The maximum atomic E-state index is 9.00. The standard InChI is InChI=1S/C8H16O2.CH4N2O/c1-3-5-9-7-8-10-6-4-2;2-1(3)4/h7-8H,3-6H2,1-2H3;(H4,2,3,4). The number of primary amides is 2. The molecule has 0 bridgehead atoms. The normalized spacial score (nSPS) is 9.00. The lowest BCUT2D eigenvalue weighted by atomic mass is 10.5. The molecule has 2 amide bonds. The summed E-state index contributed by atoms with van der Waals surface area (Å²) in [6.07, 6.45) is 5.27. The third-order valence-corrected chi connectivity index (χ3v) is 0.892. The van der Waals surface area contributed by atoms with Crippen LogP contribution in [0.1, 0.15) is 26.7 Å². The summed E-state index contributed by atoms with van der Waals surface area (Å²) in [6, 6.07) is -0.833. The minimum Gasteiger partial charge on any atom is -0.498 e. The molecule has 5 nitrogen and oxygen atoms in total. The van der Waals surface area contributed by atoms with Crippen LogP contribution in [0, 0.1) is 0 Å². The largest absolute Gasteiger partial charge is 0.498 e. The van der Waals surface area contributed by atoms with Gasteiger partial charge in [-0.25, -0.2) is 4.79 Å². The van der Waals surface area contributed by atoms with Crippen LogP contribution in [-0.4, -0.2) is 19.2 Å². The fourth-order valence-corrected chi connectivity index (χ4v) is 0.450. The number of rotatable bonds is 6. The molecule has 0 spiro atoms. The molecule has 4 N–H and O–H groups in total. The van der Waals surface area contributed by atoms with Crippen LogP contribution in [0.15, 0.2) is 12.5 Å². The Labute approximate surface area is 85.0 Å². The molecule has 0 atom stereocenters. The minimum atomic E-state index is -0.833. The van der Waals surface area contributed by atoms with Crippen molar-refractivity contribution < 1.29 is 14.3 Å². The number of amides is 2. The fourth-order valence-electron chi connectivity index (χ4n) is 0.450. The van der Waals surface area contributed by atoms with E-state index in [2.05, 4.69) is 25.3 Å². The predicted octanol–water partition coefficient (Wildman–Crippen LogP) is 1.33. The van der Waals surface area contributed by atoms with Gasteiger partial charge in [-0.2, -0.15) is 0 Å². The number of urea groups is 1. The topological polar surface area (TPSA) is 87.6 Å². The van der Waals surface area contributed by atoms with Gasteiger partial charge in [-0.05, 0) is 12.8 Å². The number of carbonyl (C=O) groups is 1. The molecule has 0 saturated heterocycles. The quantitative estimate of drug-likeness (QED) is 0.505. The van der Waals surface area contributed by atoms with E-state index < -0.39 is 6.03 Å². The maximum Gasteiger partial charge on any atom is 0.309 e. The number of hydrogen-bond acceptors (Lipinski definition) is 3. The SMILES string of the molecule is CCCOC=COCCC.NC(N)=O. The van der Waals surface area contributed by atoms with Gasteiger partial charge in [0.15, 0.2) is 0 Å². The zero-order valence-corrected chi connectivity index (χ0v) is 8.86. The molecular formula is C9H20N2O3. The lowest BCUT2D eigenvalue weighted by Gasteiger charge is -1.97. The highest BCUT2D eigenvalue weighted by molar-refractivity contribution is 5.69. The highest BCUT2D eigenvalue weighted by Gasteiger charge is 1.76. The number of hydrogen-bond donors (Lipinski definition) is 2. The van der Waals surface area contributed by atoms with E-state index in [0.717, 1.165) is 26.1 Å². The maximum absolute atomic E-state index is 9.00. The van der Waals surface area contributed by atoms with Gasteiger partial charge in [-0.15, -0.1) is 0 Å². The second kappa shape index (κ2) is 14.2. The van der Waals surface area contributed by atoms with E-state index in [0.29, 0.717) is 0 Å². The highest BCUT2D eigenvalue weighted by atomic mass is 16.5. The first-order valence-corrected chi connectivity index (χ1v) is 4.58. The highest BCUT2D eigenvalue weighted by Crippen LogP contribution is 1.84. The second-order valence-corrected chi connectivity index (χ2v) is 2.42. The van der Waals surface area contributed by atoms with Gasteiger partial charge >= 0.3 is 6.03 Å². The Balaban J connectivity index is 0. The van der Waals surface area contributed by atoms with Gasteiger partial charge in [0.25, 0.3) is 0 Å². The van der Waals surface area contributed by atoms with Crippen molar-refractivity contribution in [1.29, 1.82) is 0 Å². The zero-order valence-electron chi connectivity index (χ0n) is 8.86. The van der Waals surface area contributed by atoms with Crippen LogP contribution in [0.4, 0.5) is 4.79 Å². The van der Waals surface area contributed by atoms with Gasteiger partial charge in [-0.3, -0.25) is 0 Å². The Morgan fingerprint density at radius 2 is 1.36 bits per heavy atom. The Bertz CT molecular complexity index is 135. The smallest absolute Gasteiger partial charge is 0.309 e. The van der Waals surface area contributed by atoms with Gasteiger partial charge in [0.1, 0.15) is 12.5 Å². The van der Waals surface area contributed by atoms with Gasteiger partial charge in [0.2, 0.25) is 0 Å². The average molecular weight is 204 g/mol. The van der Waals surface area contributed by atoms with Crippen LogP contribution in [0.5, 0.6) is 0 Å². The lowest BCUT2D eigenvalue weighted by molar-refractivity contribution is 0.204. The van der Waals surface area contributed by atoms with E-state index in [1.807, 2.05) is 0 Å². The first-order chi connectivity index (χ1) is 6.65. The predicted molar refractivity (Wildman–Crippen MR) is 55.4 cm³/mol. The third-order valence-electron chi connectivity index (χ3n) is 0.892. The molecule has 0 fully saturated rings. The van der Waals surface area contributed by atoms with Crippen LogP contribution in [0.2, 0.25) is 0 Å². The molecule has 0 aromatic heterocycles. The summed E-state index contributed by atoms with van der Waals surface area (Å²) in [5.41, 5.74) is 8.50. The summed E-state index contributed by atoms with van der Waals surface area (Å²) in [4.78, 5) is 9.00. The number of ether oxygens (including phenoxy) is 2. The first kappa shape index (κ1) is 15.1. The number of carbonyl (C=O) groups excluding carboxylic acids is 1. The molecule has 0 heterocycles. The van der Waals surface area contributed by atoms with E-state index in [-0.39, 0.29) is 0 Å². The molecule has 0 saturated carbocycles. The zero-order chi connectivity index (χ0) is 11.2. The van der Waals surface area contributed by atoms with Crippen molar-refractivity contribution in [2.24, 2.45) is 11.5 Å². The van der Waals surface area contributed by atoms with Gasteiger partial charge in [0, 0.05) is 0 Å². The Hall–Kier alpha value is -1.39. The van der Waals surface area contributed by atoms with Crippen molar-refractivity contribution >= 4 is 6.03 Å². The molecule has 0 aliphatic rings. The van der Waals surface area contributed by atoms with Crippen molar-refractivity contribution in [2.75, 3.05) is 13.2 Å². The van der Waals surface area contributed by atoms with Crippen molar-refractivity contribution in [3.8, 4) is 0 Å². The van der Waals surface area contributed by atoms with Crippen molar-refractivity contribution in [1.82, 2.24) is 0 Å². The van der Waals surface area contributed by atoms with Crippen LogP contribution < -0.4 is 11.5 Å². The summed E-state index contributed by atoms with van der Waals surface area (Å²) in [6.45, 7) is 5.68. The third kappa shape index (κ3) is 31.1. The molecule has 14 heavy (non-hydrogen) atoms. The van der Waals surface area contributed by atoms with Crippen LogP contribution in [-0.2, 0) is 9.47 Å². The molecule has 84 valence electrons. The van der Waals surface area contributed by atoms with E-state index in [4.69, 9.17) is 14.3 Å². The molecule has 0 aliphatic carbocycles. The van der Waals surface area contributed by atoms with E-state index >= 15 is 0 Å². The molecule has 5 heteroatoms. The van der Waals surface area contributed by atoms with Crippen LogP contribution in [0.25, 0.3) is 0 Å². The summed E-state index contributed by atoms with van der Waals surface area (Å²) >= 11 is 0. The second-order valence-electron chi connectivity index (χ2n) is 2.42. The van der Waals surface area contributed by atoms with E-state index in [9.17, 15) is 0 Å². The van der Waals surface area contributed by atoms with Crippen molar-refractivity contribution in [3.63, 3.8) is 0 Å². The summed E-state index contributed by atoms with van der Waals surface area (Å²) in [7, 11) is 0. The van der Waals surface area contributed by atoms with Gasteiger partial charge in [0.05, 0.1) is 13.2 Å². The monoisotopic (exact) mass is 204 g/mol. The lowest BCUT2D eigenvalue weighted by Crippen LogP contribution is -2.18. The summed E-state index contributed by atoms with van der Waals surface area (Å²) < 4.78 is 10.0. The summed E-state index contributed by atoms with van der Waals surface area (Å²) in [5.74, 6) is 0. The first-order valence-electron chi connectivity index (χ1n) is 4.58. The molecule has 0 unspecified atom stereocenters. The van der Waals surface area contributed by atoms with E-state index in [1.165, 1.54) is 0 Å². The van der Waals surface area contributed by atoms with Gasteiger partial charge < -0.3 is 20.9 Å². The Morgan fingerprint density at radius 3 is 1.57 bits per heavy atom. The fraction of sp³-hybridized carbons (Fsp3) is 0.667. The minimum absolute atomic E-state index is 0.770. The Kier molecular flexibility index (Phi) is 15.3. The van der Waals surface area contributed by atoms with Crippen molar-refractivity contribution in [2.45, 2.75) is 26.7 Å². The molecule has 0 radical (unpaired) electrons. The summed E-state index contributed by atoms with van der Waals surface area (Å²) in [5, 5.41) is 0. The molecule has 0 aromatic carbocycles. The van der Waals surface area contributed by atoms with E-state index in [1.54, 1.807) is 12.5 Å². The van der Waals surface area contributed by atoms with Gasteiger partial charge in [-0.1, -0.05) is 13.8 Å².